The highest BCUT2D eigenvalue weighted by molar-refractivity contribution is 5.81. The van der Waals surface area contributed by atoms with Crippen LogP contribution in [0.3, 0.4) is 0 Å². The van der Waals surface area contributed by atoms with Gasteiger partial charge in [0.1, 0.15) is 11.7 Å². The summed E-state index contributed by atoms with van der Waals surface area (Å²) >= 11 is 0. The number of hydrogen-bond acceptors (Lipinski definition) is 2. The molecule has 2 heterocycles. The molecule has 0 unspecified atom stereocenters. The zero-order valence-corrected chi connectivity index (χ0v) is 9.02. The van der Waals surface area contributed by atoms with Gasteiger partial charge in [0.25, 0.3) is 0 Å². The van der Waals surface area contributed by atoms with Crippen LogP contribution in [0.15, 0.2) is 48.6 Å². The Bertz CT molecular complexity index is 616. The zero-order chi connectivity index (χ0) is 11.7. The lowest BCUT2D eigenvalue weighted by atomic mass is 10.2. The van der Waals surface area contributed by atoms with E-state index in [1.54, 1.807) is 30.6 Å². The molecule has 0 radical (unpaired) electrons. The van der Waals surface area contributed by atoms with Crippen molar-refractivity contribution in [2.75, 3.05) is 0 Å². The van der Waals surface area contributed by atoms with Crippen LogP contribution in [0, 0.1) is 0 Å². The summed E-state index contributed by atoms with van der Waals surface area (Å²) in [6, 6.07) is 1.80. The van der Waals surface area contributed by atoms with Gasteiger partial charge in [0, 0.05) is 18.2 Å². The van der Waals surface area contributed by atoms with Crippen LogP contribution in [-0.4, -0.2) is 15.0 Å². The molecule has 1 aliphatic carbocycles. The van der Waals surface area contributed by atoms with Gasteiger partial charge in [-0.2, -0.15) is 0 Å². The maximum absolute atomic E-state index is 13.8. The molecule has 4 heteroatoms. The number of imidazole rings is 1. The van der Waals surface area contributed by atoms with E-state index in [4.69, 9.17) is 0 Å². The van der Waals surface area contributed by atoms with Gasteiger partial charge in [-0.3, -0.25) is 4.98 Å². The second-order valence-corrected chi connectivity index (χ2v) is 3.79. The Labute approximate surface area is 97.4 Å². The minimum atomic E-state index is -0.179. The third-order valence-corrected chi connectivity index (χ3v) is 2.64. The van der Waals surface area contributed by atoms with Crippen molar-refractivity contribution < 1.29 is 4.39 Å². The van der Waals surface area contributed by atoms with Gasteiger partial charge in [-0.15, -0.1) is 0 Å². The van der Waals surface area contributed by atoms with E-state index >= 15 is 0 Å². The molecular weight excluding hydrogens is 217 g/mol. The second kappa shape index (κ2) is 3.97. The highest BCUT2D eigenvalue weighted by Crippen LogP contribution is 2.25. The first-order valence-corrected chi connectivity index (χ1v) is 5.36. The average molecular weight is 227 g/mol. The number of halogens is 1. The molecule has 84 valence electrons. The van der Waals surface area contributed by atoms with Crippen molar-refractivity contribution in [3.05, 3.63) is 54.4 Å². The summed E-state index contributed by atoms with van der Waals surface area (Å²) in [6.45, 7) is 0. The molecule has 3 nitrogen and oxygen atoms in total. The molecule has 1 N–H and O–H groups in total. The van der Waals surface area contributed by atoms with Crippen LogP contribution in [0.4, 0.5) is 4.39 Å². The number of H-pyrrole nitrogens is 1. The van der Waals surface area contributed by atoms with Crippen molar-refractivity contribution in [2.24, 2.45) is 0 Å². The molecule has 0 fully saturated rings. The van der Waals surface area contributed by atoms with Crippen molar-refractivity contribution in [1.29, 1.82) is 0 Å². The Kier molecular flexibility index (Phi) is 2.33. The summed E-state index contributed by atoms with van der Waals surface area (Å²) in [5.41, 5.74) is 2.11. The summed E-state index contributed by atoms with van der Waals surface area (Å²) in [4.78, 5) is 11.4. The highest BCUT2D eigenvalue weighted by atomic mass is 19.1. The number of fused-ring (bicyclic) bond motifs is 1. The fourth-order valence-electron chi connectivity index (χ4n) is 1.79. The van der Waals surface area contributed by atoms with Crippen LogP contribution in [0.25, 0.3) is 16.6 Å². The topological polar surface area (TPSA) is 41.6 Å². The number of hydrogen-bond donors (Lipinski definition) is 1. The lowest BCUT2D eigenvalue weighted by molar-refractivity contribution is 0.622. The fraction of sp³-hybridized carbons (Fsp3) is 0.0769. The van der Waals surface area contributed by atoms with E-state index in [0.717, 1.165) is 11.0 Å². The SMILES string of the molecule is FC1=C(c2nc3ccncc3[nH]2)C=CC=CC1. The van der Waals surface area contributed by atoms with Crippen LogP contribution in [-0.2, 0) is 0 Å². The molecule has 2 aromatic heterocycles. The van der Waals surface area contributed by atoms with E-state index in [0.29, 0.717) is 17.8 Å². The Hall–Kier alpha value is -2.23. The first-order chi connectivity index (χ1) is 8.34. The van der Waals surface area contributed by atoms with Crippen molar-refractivity contribution in [3.8, 4) is 0 Å². The minimum absolute atomic E-state index is 0.179. The molecule has 1 aliphatic rings. The highest BCUT2D eigenvalue weighted by Gasteiger charge is 2.11. The van der Waals surface area contributed by atoms with Crippen LogP contribution in [0.2, 0.25) is 0 Å². The smallest absolute Gasteiger partial charge is 0.141 e. The van der Waals surface area contributed by atoms with E-state index in [2.05, 4.69) is 15.0 Å². The van der Waals surface area contributed by atoms with Crippen molar-refractivity contribution in [2.45, 2.75) is 6.42 Å². The summed E-state index contributed by atoms with van der Waals surface area (Å²) in [7, 11) is 0. The number of aromatic amines is 1. The number of pyridine rings is 1. The van der Waals surface area contributed by atoms with Crippen LogP contribution in [0.1, 0.15) is 12.2 Å². The van der Waals surface area contributed by atoms with E-state index in [1.807, 2.05) is 12.2 Å². The third-order valence-electron chi connectivity index (χ3n) is 2.64. The predicted octanol–water partition coefficient (Wildman–Crippen LogP) is 3.15. The molecule has 0 spiro atoms. The lowest BCUT2D eigenvalue weighted by Crippen LogP contribution is -1.87. The van der Waals surface area contributed by atoms with Gasteiger partial charge in [0.2, 0.25) is 0 Å². The molecule has 0 bridgehead atoms. The first-order valence-electron chi connectivity index (χ1n) is 5.36. The summed E-state index contributed by atoms with van der Waals surface area (Å²) in [5.74, 6) is 0.368. The van der Waals surface area contributed by atoms with E-state index < -0.39 is 0 Å². The van der Waals surface area contributed by atoms with Crippen molar-refractivity contribution in [3.63, 3.8) is 0 Å². The standard InChI is InChI=1S/C13H10FN3/c14-10-5-3-1-2-4-9(10)13-16-11-6-7-15-8-12(11)17-13/h1-4,6-8H,5H2,(H,16,17). The van der Waals surface area contributed by atoms with E-state index in [-0.39, 0.29) is 5.83 Å². The number of rotatable bonds is 1. The Balaban J connectivity index is 2.15. The van der Waals surface area contributed by atoms with Crippen molar-refractivity contribution >= 4 is 16.6 Å². The van der Waals surface area contributed by atoms with Gasteiger partial charge >= 0.3 is 0 Å². The number of nitrogens with one attached hydrogen (secondary N) is 1. The Morgan fingerprint density at radius 3 is 3.12 bits per heavy atom. The largest absolute Gasteiger partial charge is 0.337 e. The summed E-state index contributed by atoms with van der Waals surface area (Å²) in [5, 5.41) is 0. The first kappa shape index (κ1) is 9.96. The molecule has 17 heavy (non-hydrogen) atoms. The maximum atomic E-state index is 13.8. The number of aromatic nitrogens is 3. The van der Waals surface area contributed by atoms with Crippen LogP contribution < -0.4 is 0 Å². The molecule has 0 amide bonds. The normalized spacial score (nSPS) is 15.6. The molecule has 0 saturated heterocycles. The molecule has 2 aromatic rings. The third kappa shape index (κ3) is 1.78. The van der Waals surface area contributed by atoms with Gasteiger partial charge in [-0.1, -0.05) is 18.2 Å². The Morgan fingerprint density at radius 1 is 1.29 bits per heavy atom. The zero-order valence-electron chi connectivity index (χ0n) is 9.02. The molecule has 3 rings (SSSR count). The molecule has 0 saturated carbocycles. The second-order valence-electron chi connectivity index (χ2n) is 3.79. The molecule has 0 atom stereocenters. The van der Waals surface area contributed by atoms with Crippen molar-refractivity contribution in [1.82, 2.24) is 15.0 Å². The van der Waals surface area contributed by atoms with Gasteiger partial charge in [0.05, 0.1) is 17.2 Å². The summed E-state index contributed by atoms with van der Waals surface area (Å²) in [6.07, 6.45) is 10.8. The predicted molar refractivity (Wildman–Crippen MR) is 64.8 cm³/mol. The Morgan fingerprint density at radius 2 is 2.24 bits per heavy atom. The van der Waals surface area contributed by atoms with E-state index in [9.17, 15) is 4.39 Å². The fourth-order valence-corrected chi connectivity index (χ4v) is 1.79. The molecule has 0 aromatic carbocycles. The van der Waals surface area contributed by atoms with Crippen LogP contribution in [0.5, 0.6) is 0 Å². The lowest BCUT2D eigenvalue weighted by Gasteiger charge is -1.98. The number of nitrogens with zero attached hydrogens (tertiary/aromatic N) is 2. The van der Waals surface area contributed by atoms with Gasteiger partial charge < -0.3 is 4.98 Å². The molecule has 0 aliphatic heterocycles. The van der Waals surface area contributed by atoms with Gasteiger partial charge in [-0.25, -0.2) is 9.37 Å². The number of allylic oxidation sites excluding steroid dienone is 6. The quantitative estimate of drug-likeness (QED) is 0.813. The van der Waals surface area contributed by atoms with Gasteiger partial charge in [0.15, 0.2) is 0 Å². The average Bonchev–Trinajstić information content (AvgIpc) is 2.65. The maximum Gasteiger partial charge on any atom is 0.141 e. The van der Waals surface area contributed by atoms with Gasteiger partial charge in [-0.05, 0) is 12.1 Å². The summed E-state index contributed by atoms with van der Waals surface area (Å²) < 4.78 is 13.8. The minimum Gasteiger partial charge on any atom is -0.337 e. The van der Waals surface area contributed by atoms with E-state index in [1.165, 1.54) is 0 Å². The molecular formula is C13H10FN3. The van der Waals surface area contributed by atoms with Crippen LogP contribution >= 0.6 is 0 Å². The monoisotopic (exact) mass is 227 g/mol.